The first-order valence-electron chi connectivity index (χ1n) is 8.97. The molecule has 0 aliphatic rings. The van der Waals surface area contributed by atoms with Gasteiger partial charge < -0.3 is 25.3 Å². The van der Waals surface area contributed by atoms with Crippen molar-refractivity contribution in [2.45, 2.75) is 52.1 Å². The maximum absolute atomic E-state index is 12.6. The van der Waals surface area contributed by atoms with Gasteiger partial charge in [-0.15, -0.1) is 0 Å². The summed E-state index contributed by atoms with van der Waals surface area (Å²) in [7, 11) is 1.24. The van der Waals surface area contributed by atoms with Crippen molar-refractivity contribution in [3.8, 4) is 0 Å². The Morgan fingerprint density at radius 3 is 2.21 bits per heavy atom. The summed E-state index contributed by atoms with van der Waals surface area (Å²) in [5, 5.41) is 16.6. The fourth-order valence-electron chi connectivity index (χ4n) is 2.50. The number of esters is 1. The summed E-state index contributed by atoms with van der Waals surface area (Å²) in [5.41, 5.74) is 0.891. The van der Waals surface area contributed by atoms with Crippen LogP contribution < -0.4 is 45.3 Å². The van der Waals surface area contributed by atoms with Crippen LogP contribution in [0.25, 0.3) is 0 Å². The molecule has 1 aromatic carbocycles. The molecule has 2 atom stereocenters. The van der Waals surface area contributed by atoms with Gasteiger partial charge in [0.2, 0.25) is 5.91 Å². The quantitative estimate of drug-likeness (QED) is 0.330. The molecule has 1 rings (SSSR count). The van der Waals surface area contributed by atoms with Crippen molar-refractivity contribution in [3.05, 3.63) is 35.9 Å². The number of methoxy groups -OCH3 is 1. The maximum Gasteiger partial charge on any atom is 1.00 e. The average Bonchev–Trinajstić information content (AvgIpc) is 2.59. The standard InChI is InChI=1S/C20H30N2O5.Na/c1-20(2,3)10-11-21-15(13-17(23)24)18(25)22-16(19(26)27-4)12-14-8-6-5-7-9-14;/h5-9,15-16,21H,10-13H2,1-4H3,(H,22,25)(H,23,24);/q;+1/p-1/t15-,16-;/m0./s1. The van der Waals surface area contributed by atoms with E-state index in [2.05, 4.69) is 31.4 Å². The van der Waals surface area contributed by atoms with E-state index in [-0.39, 0.29) is 41.4 Å². The molecule has 28 heavy (non-hydrogen) atoms. The zero-order valence-electron chi connectivity index (χ0n) is 17.4. The molecule has 1 amide bonds. The van der Waals surface area contributed by atoms with Crippen molar-refractivity contribution in [3.63, 3.8) is 0 Å². The van der Waals surface area contributed by atoms with Crippen LogP contribution in [0.4, 0.5) is 0 Å². The Morgan fingerprint density at radius 1 is 1.11 bits per heavy atom. The fraction of sp³-hybridized carbons (Fsp3) is 0.550. The number of amides is 1. The van der Waals surface area contributed by atoms with E-state index in [1.165, 1.54) is 7.11 Å². The Kier molecular flexibility index (Phi) is 12.3. The van der Waals surface area contributed by atoms with Gasteiger partial charge in [-0.05, 0) is 23.9 Å². The van der Waals surface area contributed by atoms with Gasteiger partial charge in [0.05, 0.1) is 13.2 Å². The molecule has 0 aliphatic heterocycles. The summed E-state index contributed by atoms with van der Waals surface area (Å²) < 4.78 is 4.77. The van der Waals surface area contributed by atoms with Crippen LogP contribution in [0.1, 0.15) is 39.2 Å². The molecule has 0 aliphatic carbocycles. The first kappa shape index (κ1) is 26.6. The molecule has 150 valence electrons. The molecule has 7 nitrogen and oxygen atoms in total. The number of ether oxygens (including phenoxy) is 1. The molecule has 2 N–H and O–H groups in total. The van der Waals surface area contributed by atoms with Gasteiger partial charge in [-0.1, -0.05) is 51.1 Å². The topological polar surface area (TPSA) is 108 Å². The van der Waals surface area contributed by atoms with Gasteiger partial charge in [-0.3, -0.25) is 4.79 Å². The van der Waals surface area contributed by atoms with E-state index in [0.29, 0.717) is 6.54 Å². The van der Waals surface area contributed by atoms with E-state index < -0.39 is 36.4 Å². The monoisotopic (exact) mass is 400 g/mol. The van der Waals surface area contributed by atoms with Gasteiger partial charge in [-0.2, -0.15) is 0 Å². The molecule has 1 aromatic rings. The summed E-state index contributed by atoms with van der Waals surface area (Å²) in [5.74, 6) is -2.50. The fourth-order valence-corrected chi connectivity index (χ4v) is 2.50. The predicted molar refractivity (Wildman–Crippen MR) is 99.6 cm³/mol. The normalized spacial score (nSPS) is 13.0. The maximum atomic E-state index is 12.6. The largest absolute Gasteiger partial charge is 1.00 e. The minimum atomic E-state index is -1.34. The van der Waals surface area contributed by atoms with Gasteiger partial charge in [-0.25, -0.2) is 4.79 Å². The van der Waals surface area contributed by atoms with Crippen LogP contribution in [0.3, 0.4) is 0 Å². The Bertz CT molecular complexity index is 631. The van der Waals surface area contributed by atoms with E-state index >= 15 is 0 Å². The Labute approximate surface area is 188 Å². The van der Waals surface area contributed by atoms with Crippen molar-refractivity contribution < 1.29 is 53.8 Å². The minimum absolute atomic E-state index is 0. The third-order valence-corrected chi connectivity index (χ3v) is 4.04. The average molecular weight is 400 g/mol. The Morgan fingerprint density at radius 2 is 1.71 bits per heavy atom. The molecular formula is C20H29N2NaO5. The zero-order valence-corrected chi connectivity index (χ0v) is 19.4. The number of rotatable bonds is 10. The number of aliphatic carboxylic acids is 1. The molecule has 0 saturated carbocycles. The summed E-state index contributed by atoms with van der Waals surface area (Å²) >= 11 is 0. The Hall–Kier alpha value is -1.41. The second kappa shape index (κ2) is 12.9. The summed E-state index contributed by atoms with van der Waals surface area (Å²) in [6.07, 6.45) is 0.531. The number of carbonyl (C=O) groups is 3. The predicted octanol–water partition coefficient (Wildman–Crippen LogP) is -2.57. The molecule has 0 spiro atoms. The molecule has 0 aromatic heterocycles. The van der Waals surface area contributed by atoms with Gasteiger partial charge >= 0.3 is 35.5 Å². The number of benzene rings is 1. The van der Waals surface area contributed by atoms with E-state index in [1.54, 1.807) is 0 Å². The molecule has 0 heterocycles. The van der Waals surface area contributed by atoms with E-state index in [9.17, 15) is 19.5 Å². The zero-order chi connectivity index (χ0) is 20.4. The molecule has 0 bridgehead atoms. The van der Waals surface area contributed by atoms with Crippen LogP contribution in [0.5, 0.6) is 0 Å². The van der Waals surface area contributed by atoms with Crippen molar-refractivity contribution >= 4 is 17.8 Å². The smallest absolute Gasteiger partial charge is 0.550 e. The van der Waals surface area contributed by atoms with Crippen molar-refractivity contribution in [2.24, 2.45) is 5.41 Å². The van der Waals surface area contributed by atoms with Crippen LogP contribution in [0, 0.1) is 5.41 Å². The number of carboxylic acid groups (broad SMARTS) is 1. The van der Waals surface area contributed by atoms with E-state index in [4.69, 9.17) is 4.74 Å². The Balaban J connectivity index is 0.00000729. The van der Waals surface area contributed by atoms with E-state index in [1.807, 2.05) is 30.3 Å². The van der Waals surface area contributed by atoms with Gasteiger partial charge in [0, 0.05) is 18.8 Å². The molecular weight excluding hydrogens is 371 g/mol. The SMILES string of the molecule is COC(=O)[C@H](Cc1ccccc1)NC(=O)[C@H](CC(=O)[O-])NCCC(C)(C)C.[Na+]. The van der Waals surface area contributed by atoms with Gasteiger partial charge in [0.25, 0.3) is 0 Å². The van der Waals surface area contributed by atoms with Crippen molar-refractivity contribution in [2.75, 3.05) is 13.7 Å². The number of carboxylic acids is 1. The number of hydrogen-bond acceptors (Lipinski definition) is 6. The second-order valence-electron chi connectivity index (χ2n) is 7.67. The first-order chi connectivity index (χ1) is 12.6. The van der Waals surface area contributed by atoms with Crippen LogP contribution in [-0.2, 0) is 25.5 Å². The molecule has 0 radical (unpaired) electrons. The molecule has 0 fully saturated rings. The molecule has 0 unspecified atom stereocenters. The van der Waals surface area contributed by atoms with Crippen LogP contribution in [-0.4, -0.2) is 43.6 Å². The van der Waals surface area contributed by atoms with Crippen LogP contribution >= 0.6 is 0 Å². The van der Waals surface area contributed by atoms with Gasteiger partial charge in [0.1, 0.15) is 6.04 Å². The van der Waals surface area contributed by atoms with Crippen LogP contribution in [0.2, 0.25) is 0 Å². The third kappa shape index (κ3) is 10.8. The number of nitrogens with one attached hydrogen (secondary N) is 2. The van der Waals surface area contributed by atoms with Crippen molar-refractivity contribution in [1.82, 2.24) is 10.6 Å². The molecule has 0 saturated heterocycles. The number of hydrogen-bond donors (Lipinski definition) is 2. The van der Waals surface area contributed by atoms with E-state index in [0.717, 1.165) is 12.0 Å². The molecule has 8 heteroatoms. The third-order valence-electron chi connectivity index (χ3n) is 4.04. The second-order valence-corrected chi connectivity index (χ2v) is 7.67. The first-order valence-corrected chi connectivity index (χ1v) is 8.97. The van der Waals surface area contributed by atoms with Gasteiger partial charge in [0.15, 0.2) is 0 Å². The van der Waals surface area contributed by atoms with Crippen molar-refractivity contribution in [1.29, 1.82) is 0 Å². The van der Waals surface area contributed by atoms with Crippen LogP contribution in [0.15, 0.2) is 30.3 Å². The summed E-state index contributed by atoms with van der Waals surface area (Å²) in [6.45, 7) is 6.62. The number of carbonyl (C=O) groups excluding carboxylic acids is 3. The summed E-state index contributed by atoms with van der Waals surface area (Å²) in [4.78, 5) is 35.7. The summed E-state index contributed by atoms with van der Waals surface area (Å²) in [6, 6.07) is 7.30. The minimum Gasteiger partial charge on any atom is -0.550 e.